The number of rotatable bonds is 0. The van der Waals surface area contributed by atoms with Gasteiger partial charge in [0.2, 0.25) is 0 Å². The molecule has 0 aliphatic heterocycles. The molecule has 3 rings (SSSR count). The van der Waals surface area contributed by atoms with Gasteiger partial charge in [-0.2, -0.15) is 0 Å². The molecule has 0 saturated heterocycles. The van der Waals surface area contributed by atoms with Crippen molar-refractivity contribution in [2.75, 3.05) is 0 Å². The van der Waals surface area contributed by atoms with Crippen molar-refractivity contribution < 1.29 is 5.11 Å². The average molecular weight is 196 g/mol. The summed E-state index contributed by atoms with van der Waals surface area (Å²) in [5.74, 6) is 0. The van der Waals surface area contributed by atoms with Crippen molar-refractivity contribution in [2.45, 2.75) is 12.0 Å². The van der Waals surface area contributed by atoms with E-state index in [0.717, 1.165) is 16.7 Å². The van der Waals surface area contributed by atoms with Gasteiger partial charge in [0.15, 0.2) is 0 Å². The molecule has 0 aromatic heterocycles. The lowest BCUT2D eigenvalue weighted by molar-refractivity contribution is 0.0809. The van der Waals surface area contributed by atoms with E-state index in [1.54, 1.807) is 0 Å². The molecule has 0 amide bonds. The van der Waals surface area contributed by atoms with E-state index in [0.29, 0.717) is 6.42 Å². The van der Waals surface area contributed by atoms with Gasteiger partial charge in [-0.25, -0.2) is 0 Å². The highest BCUT2D eigenvalue weighted by Gasteiger charge is 2.35. The van der Waals surface area contributed by atoms with Crippen molar-refractivity contribution >= 4 is 6.08 Å². The van der Waals surface area contributed by atoms with Gasteiger partial charge in [0, 0.05) is 6.42 Å². The van der Waals surface area contributed by atoms with Gasteiger partial charge in [0.25, 0.3) is 0 Å². The molecule has 15 heavy (non-hydrogen) atoms. The van der Waals surface area contributed by atoms with E-state index in [2.05, 4.69) is 6.08 Å². The first kappa shape index (κ1) is 8.69. The SMILES string of the molecule is OC12CC=CC=C1C=Cc1ccccc12. The lowest BCUT2D eigenvalue weighted by Gasteiger charge is -2.34. The second kappa shape index (κ2) is 2.94. The molecule has 1 aromatic carbocycles. The summed E-state index contributed by atoms with van der Waals surface area (Å²) in [4.78, 5) is 0. The molecule has 1 unspecified atom stereocenters. The number of benzene rings is 1. The van der Waals surface area contributed by atoms with E-state index >= 15 is 0 Å². The Morgan fingerprint density at radius 1 is 1.13 bits per heavy atom. The van der Waals surface area contributed by atoms with Crippen LogP contribution in [0.5, 0.6) is 0 Å². The van der Waals surface area contributed by atoms with Crippen molar-refractivity contribution in [3.8, 4) is 0 Å². The van der Waals surface area contributed by atoms with Crippen LogP contribution in [0.3, 0.4) is 0 Å². The van der Waals surface area contributed by atoms with Crippen LogP contribution in [-0.4, -0.2) is 5.11 Å². The molecule has 1 nitrogen and oxygen atoms in total. The van der Waals surface area contributed by atoms with E-state index in [1.165, 1.54) is 0 Å². The molecular formula is C14H12O. The predicted octanol–water partition coefficient (Wildman–Crippen LogP) is 2.79. The first-order valence-corrected chi connectivity index (χ1v) is 5.18. The Morgan fingerprint density at radius 3 is 2.93 bits per heavy atom. The molecule has 74 valence electrons. The minimum Gasteiger partial charge on any atom is -0.380 e. The molecule has 0 bridgehead atoms. The maximum Gasteiger partial charge on any atom is 0.119 e. The third kappa shape index (κ3) is 1.13. The zero-order valence-electron chi connectivity index (χ0n) is 8.35. The molecule has 0 fully saturated rings. The number of aliphatic hydroxyl groups is 1. The van der Waals surface area contributed by atoms with Crippen molar-refractivity contribution in [3.63, 3.8) is 0 Å². The minimum atomic E-state index is -0.805. The number of allylic oxidation sites excluding steroid dienone is 2. The Kier molecular flexibility index (Phi) is 1.70. The molecule has 0 radical (unpaired) electrons. The molecule has 1 aromatic rings. The molecule has 1 heteroatoms. The minimum absolute atomic E-state index is 0.667. The van der Waals surface area contributed by atoms with E-state index in [9.17, 15) is 5.11 Å². The Labute approximate surface area is 89.1 Å². The lowest BCUT2D eigenvalue weighted by Crippen LogP contribution is -2.30. The Balaban J connectivity index is 2.26. The van der Waals surface area contributed by atoms with Crippen molar-refractivity contribution in [1.82, 2.24) is 0 Å². The first-order valence-electron chi connectivity index (χ1n) is 5.18. The molecule has 1 atom stereocenters. The zero-order chi connectivity index (χ0) is 10.3. The van der Waals surface area contributed by atoms with E-state index in [1.807, 2.05) is 48.6 Å². The van der Waals surface area contributed by atoms with Crippen LogP contribution in [0, 0.1) is 0 Å². The predicted molar refractivity (Wildman–Crippen MR) is 61.2 cm³/mol. The highest BCUT2D eigenvalue weighted by atomic mass is 16.3. The summed E-state index contributed by atoms with van der Waals surface area (Å²) in [6.07, 6.45) is 10.7. The molecule has 0 spiro atoms. The lowest BCUT2D eigenvalue weighted by atomic mass is 9.75. The molecule has 2 aliphatic rings. The van der Waals surface area contributed by atoms with Gasteiger partial charge in [-0.3, -0.25) is 0 Å². The van der Waals surface area contributed by atoms with Gasteiger partial charge in [-0.05, 0) is 16.7 Å². The zero-order valence-corrected chi connectivity index (χ0v) is 8.35. The topological polar surface area (TPSA) is 20.2 Å². The van der Waals surface area contributed by atoms with Crippen LogP contribution in [0.4, 0.5) is 0 Å². The van der Waals surface area contributed by atoms with Crippen LogP contribution < -0.4 is 0 Å². The Bertz CT molecular complexity index is 494. The van der Waals surface area contributed by atoms with Gasteiger partial charge >= 0.3 is 0 Å². The highest BCUT2D eigenvalue weighted by molar-refractivity contribution is 5.66. The Hall–Kier alpha value is -1.60. The molecular weight excluding hydrogens is 184 g/mol. The monoisotopic (exact) mass is 196 g/mol. The van der Waals surface area contributed by atoms with Gasteiger partial charge in [-0.15, -0.1) is 0 Å². The van der Waals surface area contributed by atoms with Gasteiger partial charge < -0.3 is 5.11 Å². The summed E-state index contributed by atoms with van der Waals surface area (Å²) in [5, 5.41) is 10.7. The first-order chi connectivity index (χ1) is 7.31. The van der Waals surface area contributed by atoms with Crippen molar-refractivity contribution in [2.24, 2.45) is 0 Å². The quantitative estimate of drug-likeness (QED) is 0.676. The highest BCUT2D eigenvalue weighted by Crippen LogP contribution is 2.41. The smallest absolute Gasteiger partial charge is 0.119 e. The van der Waals surface area contributed by atoms with E-state index in [-0.39, 0.29) is 0 Å². The maximum absolute atomic E-state index is 10.7. The third-order valence-corrected chi connectivity index (χ3v) is 3.15. The second-order valence-corrected chi connectivity index (χ2v) is 4.04. The van der Waals surface area contributed by atoms with Crippen LogP contribution in [0.1, 0.15) is 17.5 Å². The maximum atomic E-state index is 10.7. The standard InChI is InChI=1S/C14H12O/c15-14-10-4-3-6-12(14)9-8-11-5-1-2-7-13(11)14/h1-9,15H,10H2. The Morgan fingerprint density at radius 2 is 2.00 bits per heavy atom. The van der Waals surface area contributed by atoms with Gasteiger partial charge in [0.05, 0.1) is 0 Å². The van der Waals surface area contributed by atoms with Crippen LogP contribution in [0.25, 0.3) is 6.08 Å². The average Bonchev–Trinajstić information content (AvgIpc) is 2.29. The van der Waals surface area contributed by atoms with Gasteiger partial charge in [-0.1, -0.05) is 54.6 Å². The summed E-state index contributed by atoms with van der Waals surface area (Å²) in [5.41, 5.74) is 2.32. The summed E-state index contributed by atoms with van der Waals surface area (Å²) in [6, 6.07) is 8.02. The fraction of sp³-hybridized carbons (Fsp3) is 0.143. The van der Waals surface area contributed by atoms with Gasteiger partial charge in [0.1, 0.15) is 5.60 Å². The van der Waals surface area contributed by atoms with E-state index in [4.69, 9.17) is 0 Å². The summed E-state index contributed by atoms with van der Waals surface area (Å²) in [6.45, 7) is 0. The fourth-order valence-electron chi connectivity index (χ4n) is 2.32. The second-order valence-electron chi connectivity index (χ2n) is 4.04. The van der Waals surface area contributed by atoms with Crippen LogP contribution >= 0.6 is 0 Å². The van der Waals surface area contributed by atoms with Crippen LogP contribution in [0.2, 0.25) is 0 Å². The van der Waals surface area contributed by atoms with Crippen LogP contribution in [0.15, 0.2) is 54.1 Å². The number of fused-ring (bicyclic) bond motifs is 3. The molecule has 0 saturated carbocycles. The fourth-order valence-corrected chi connectivity index (χ4v) is 2.32. The molecule has 0 heterocycles. The third-order valence-electron chi connectivity index (χ3n) is 3.15. The largest absolute Gasteiger partial charge is 0.380 e. The number of hydrogen-bond acceptors (Lipinski definition) is 1. The summed E-state index contributed by atoms with van der Waals surface area (Å²) in [7, 11) is 0. The van der Waals surface area contributed by atoms with Crippen LogP contribution in [-0.2, 0) is 5.60 Å². The summed E-state index contributed by atoms with van der Waals surface area (Å²) >= 11 is 0. The molecule has 1 N–H and O–H groups in total. The van der Waals surface area contributed by atoms with Crippen molar-refractivity contribution in [1.29, 1.82) is 0 Å². The van der Waals surface area contributed by atoms with Crippen molar-refractivity contribution in [3.05, 3.63) is 65.3 Å². The molecule has 2 aliphatic carbocycles. The van der Waals surface area contributed by atoms with E-state index < -0.39 is 5.60 Å². The summed E-state index contributed by atoms with van der Waals surface area (Å²) < 4.78 is 0. The normalized spacial score (nSPS) is 26.9. The number of hydrogen-bond donors (Lipinski definition) is 1.